The number of nitrogens with one attached hydrogen (secondary N) is 2. The minimum Gasteiger partial charge on any atom is -0.465 e. The van der Waals surface area contributed by atoms with Gasteiger partial charge in [0.1, 0.15) is 18.3 Å². The van der Waals surface area contributed by atoms with Crippen LogP contribution in [0.5, 0.6) is 0 Å². The van der Waals surface area contributed by atoms with Gasteiger partial charge in [-0.25, -0.2) is 4.79 Å². The Labute approximate surface area is 137 Å². The van der Waals surface area contributed by atoms with Crippen LogP contribution in [0.3, 0.4) is 0 Å². The van der Waals surface area contributed by atoms with E-state index in [0.29, 0.717) is 17.5 Å². The van der Waals surface area contributed by atoms with Crippen molar-refractivity contribution < 1.29 is 29.3 Å². The Morgan fingerprint density at radius 3 is 2.75 bits per heavy atom. The summed E-state index contributed by atoms with van der Waals surface area (Å²) in [6, 6.07) is 6.74. The molecule has 2 aliphatic rings. The molecule has 0 bridgehead atoms. The molecule has 3 atom stereocenters. The fourth-order valence-electron chi connectivity index (χ4n) is 2.66. The van der Waals surface area contributed by atoms with Crippen molar-refractivity contribution in [3.63, 3.8) is 0 Å². The third-order valence-corrected chi connectivity index (χ3v) is 3.92. The molecule has 24 heavy (non-hydrogen) atoms. The van der Waals surface area contributed by atoms with Crippen LogP contribution in [0.4, 0.5) is 4.79 Å². The molecule has 1 aliphatic heterocycles. The first-order chi connectivity index (χ1) is 11.5. The number of amides is 2. The Hall–Kier alpha value is -2.71. The van der Waals surface area contributed by atoms with Crippen molar-refractivity contribution in [3.05, 3.63) is 47.2 Å². The molecular formula is C16H16N2O6. The van der Waals surface area contributed by atoms with E-state index in [-0.39, 0.29) is 18.0 Å². The molecule has 4 N–H and O–H groups in total. The van der Waals surface area contributed by atoms with E-state index in [9.17, 15) is 19.5 Å². The first-order valence-corrected chi connectivity index (χ1v) is 7.42. The summed E-state index contributed by atoms with van der Waals surface area (Å²) in [6.07, 6.45) is -1.85. The number of hydrogen-bond donors (Lipinski definition) is 4. The number of hydrogen-bond acceptors (Lipinski definition) is 5. The zero-order valence-corrected chi connectivity index (χ0v) is 12.6. The van der Waals surface area contributed by atoms with Gasteiger partial charge in [-0.2, -0.15) is 0 Å². The van der Waals surface area contributed by atoms with Crippen LogP contribution in [0.25, 0.3) is 0 Å². The van der Waals surface area contributed by atoms with Crippen molar-refractivity contribution in [1.29, 1.82) is 0 Å². The molecular weight excluding hydrogens is 316 g/mol. The van der Waals surface area contributed by atoms with Gasteiger partial charge in [0, 0.05) is 18.2 Å². The average Bonchev–Trinajstić information content (AvgIpc) is 3.34. The van der Waals surface area contributed by atoms with E-state index in [1.807, 2.05) is 0 Å². The average molecular weight is 332 g/mol. The number of carbonyl (C=O) groups is 3. The van der Waals surface area contributed by atoms with Crippen LogP contribution >= 0.6 is 0 Å². The first-order valence-electron chi connectivity index (χ1n) is 7.42. The van der Waals surface area contributed by atoms with E-state index in [1.54, 1.807) is 24.3 Å². The van der Waals surface area contributed by atoms with Crippen molar-refractivity contribution in [1.82, 2.24) is 10.6 Å². The van der Waals surface area contributed by atoms with Crippen LogP contribution in [0.1, 0.15) is 15.9 Å². The molecule has 8 heteroatoms. The second kappa shape index (κ2) is 6.42. The molecule has 3 rings (SSSR count). The highest BCUT2D eigenvalue weighted by Gasteiger charge is 2.53. The lowest BCUT2D eigenvalue weighted by Crippen LogP contribution is -2.38. The maximum Gasteiger partial charge on any atom is 0.404 e. The SMILES string of the molecule is O=C(O)NCCc1ccccc1C(=O)NC1=CC(=O)C2OC2C1O. The van der Waals surface area contributed by atoms with Gasteiger partial charge in [0.05, 0.1) is 5.70 Å². The Balaban J connectivity index is 1.71. The predicted octanol–water partition coefficient (Wildman–Crippen LogP) is -0.179. The summed E-state index contributed by atoms with van der Waals surface area (Å²) in [5.41, 5.74) is 1.12. The molecule has 1 aromatic rings. The van der Waals surface area contributed by atoms with Crippen molar-refractivity contribution in [3.8, 4) is 0 Å². The van der Waals surface area contributed by atoms with E-state index in [4.69, 9.17) is 9.84 Å². The third-order valence-electron chi connectivity index (χ3n) is 3.92. The van der Waals surface area contributed by atoms with E-state index in [1.165, 1.54) is 6.08 Å². The second-order valence-electron chi connectivity index (χ2n) is 5.56. The summed E-state index contributed by atoms with van der Waals surface area (Å²) >= 11 is 0. The minimum absolute atomic E-state index is 0.113. The van der Waals surface area contributed by atoms with Crippen LogP contribution in [0, 0.1) is 0 Å². The molecule has 1 saturated heterocycles. The van der Waals surface area contributed by atoms with Crippen molar-refractivity contribution in [2.24, 2.45) is 0 Å². The minimum atomic E-state index is -1.13. The van der Waals surface area contributed by atoms with Gasteiger partial charge in [-0.3, -0.25) is 9.59 Å². The van der Waals surface area contributed by atoms with Gasteiger partial charge in [-0.1, -0.05) is 18.2 Å². The molecule has 0 radical (unpaired) electrons. The molecule has 1 aliphatic carbocycles. The number of aliphatic hydroxyl groups is 1. The maximum atomic E-state index is 12.5. The number of ether oxygens (including phenoxy) is 1. The highest BCUT2D eigenvalue weighted by molar-refractivity contribution is 6.01. The summed E-state index contributed by atoms with van der Waals surface area (Å²) in [7, 11) is 0. The Morgan fingerprint density at radius 2 is 2.00 bits per heavy atom. The topological polar surface area (TPSA) is 128 Å². The Bertz CT molecular complexity index is 729. The molecule has 2 amide bonds. The number of fused-ring (bicyclic) bond motifs is 1. The summed E-state index contributed by atoms with van der Waals surface area (Å²) in [5.74, 6) is -0.752. The van der Waals surface area contributed by atoms with Crippen LogP contribution in [0.2, 0.25) is 0 Å². The van der Waals surface area contributed by atoms with Gasteiger partial charge in [0.2, 0.25) is 0 Å². The van der Waals surface area contributed by atoms with E-state index < -0.39 is 30.3 Å². The Kier molecular flexibility index (Phi) is 4.32. The zero-order chi connectivity index (χ0) is 17.3. The number of aliphatic hydroxyl groups excluding tert-OH is 1. The fraction of sp³-hybridized carbons (Fsp3) is 0.312. The number of benzene rings is 1. The molecule has 0 aromatic heterocycles. The number of carboxylic acid groups (broad SMARTS) is 1. The number of rotatable bonds is 5. The lowest BCUT2D eigenvalue weighted by molar-refractivity contribution is -0.116. The van der Waals surface area contributed by atoms with E-state index in [0.717, 1.165) is 0 Å². The van der Waals surface area contributed by atoms with E-state index in [2.05, 4.69) is 10.6 Å². The second-order valence-corrected chi connectivity index (χ2v) is 5.56. The van der Waals surface area contributed by atoms with E-state index >= 15 is 0 Å². The van der Waals surface area contributed by atoms with Crippen LogP contribution in [0.15, 0.2) is 36.0 Å². The van der Waals surface area contributed by atoms with Crippen LogP contribution in [-0.2, 0) is 16.0 Å². The van der Waals surface area contributed by atoms with Gasteiger partial charge < -0.3 is 25.6 Å². The molecule has 1 aromatic carbocycles. The van der Waals surface area contributed by atoms with Gasteiger partial charge in [-0.15, -0.1) is 0 Å². The molecule has 0 spiro atoms. The lowest BCUT2D eigenvalue weighted by atomic mass is 9.99. The maximum absolute atomic E-state index is 12.5. The zero-order valence-electron chi connectivity index (χ0n) is 12.6. The molecule has 126 valence electrons. The number of ketones is 1. The predicted molar refractivity (Wildman–Crippen MR) is 81.4 cm³/mol. The molecule has 1 heterocycles. The molecule has 0 saturated carbocycles. The van der Waals surface area contributed by atoms with Crippen molar-refractivity contribution >= 4 is 17.8 Å². The smallest absolute Gasteiger partial charge is 0.404 e. The Morgan fingerprint density at radius 1 is 1.25 bits per heavy atom. The summed E-state index contributed by atoms with van der Waals surface area (Å²) in [5, 5.41) is 23.4. The van der Waals surface area contributed by atoms with Crippen molar-refractivity contribution in [2.75, 3.05) is 6.54 Å². The quantitative estimate of drug-likeness (QED) is 0.554. The molecule has 1 fully saturated rings. The van der Waals surface area contributed by atoms with Gasteiger partial charge >= 0.3 is 6.09 Å². The van der Waals surface area contributed by atoms with Gasteiger partial charge in [0.25, 0.3) is 5.91 Å². The van der Waals surface area contributed by atoms with Gasteiger partial charge in [-0.05, 0) is 18.1 Å². The van der Waals surface area contributed by atoms with Gasteiger partial charge in [0.15, 0.2) is 5.78 Å². The van der Waals surface area contributed by atoms with Crippen LogP contribution in [-0.4, -0.2) is 52.9 Å². The summed E-state index contributed by atoms with van der Waals surface area (Å²) in [6.45, 7) is 0.168. The van der Waals surface area contributed by atoms with Crippen LogP contribution < -0.4 is 10.6 Å². The molecule has 8 nitrogen and oxygen atoms in total. The highest BCUT2D eigenvalue weighted by Crippen LogP contribution is 2.33. The monoisotopic (exact) mass is 332 g/mol. The highest BCUT2D eigenvalue weighted by atomic mass is 16.6. The third kappa shape index (κ3) is 3.29. The fourth-order valence-corrected chi connectivity index (χ4v) is 2.66. The summed E-state index contributed by atoms with van der Waals surface area (Å²) in [4.78, 5) is 34.6. The number of carbonyl (C=O) groups excluding carboxylic acids is 2. The lowest BCUT2D eigenvalue weighted by Gasteiger charge is -2.18. The van der Waals surface area contributed by atoms with Crippen molar-refractivity contribution in [2.45, 2.75) is 24.7 Å². The summed E-state index contributed by atoms with van der Waals surface area (Å²) < 4.78 is 5.05. The first kappa shape index (κ1) is 16.2. The normalized spacial score (nSPS) is 24.6. The molecule has 3 unspecified atom stereocenters. The standard InChI is InChI=1S/C16H16N2O6/c19-11-7-10(12(20)14-13(11)24-14)18-15(21)9-4-2-1-3-8(9)5-6-17-16(22)23/h1-4,7,12-14,17,20H,5-6H2,(H,18,21)(H,22,23). The number of epoxide rings is 1. The largest absolute Gasteiger partial charge is 0.465 e.